The Bertz CT molecular complexity index is 1380. The van der Waals surface area contributed by atoms with Crippen molar-refractivity contribution in [3.05, 3.63) is 86.8 Å². The highest BCUT2D eigenvalue weighted by molar-refractivity contribution is 7.14. The van der Waals surface area contributed by atoms with Gasteiger partial charge in [-0.1, -0.05) is 29.8 Å². The van der Waals surface area contributed by atoms with Crippen molar-refractivity contribution in [3.8, 4) is 0 Å². The highest BCUT2D eigenvalue weighted by Gasteiger charge is 2.18. The Balaban J connectivity index is 1.64. The van der Waals surface area contributed by atoms with Gasteiger partial charge in [0.25, 0.3) is 11.5 Å². The van der Waals surface area contributed by atoms with Gasteiger partial charge in [-0.25, -0.2) is 9.97 Å². The summed E-state index contributed by atoms with van der Waals surface area (Å²) in [6.45, 7) is 4.30. The number of carbonyl (C=O) groups is 2. The number of rotatable bonds is 7. The summed E-state index contributed by atoms with van der Waals surface area (Å²) < 4.78 is 6.42. The van der Waals surface area contributed by atoms with Crippen molar-refractivity contribution in [3.63, 3.8) is 0 Å². The molecule has 4 aromatic rings. The number of thiazole rings is 1. The van der Waals surface area contributed by atoms with E-state index in [1.165, 1.54) is 15.9 Å². The zero-order valence-electron chi connectivity index (χ0n) is 18.2. The fraction of sp³-hybridized carbons (Fsp3) is 0.208. The van der Waals surface area contributed by atoms with Gasteiger partial charge in [-0.05, 0) is 37.6 Å². The maximum Gasteiger partial charge on any atom is 0.311 e. The van der Waals surface area contributed by atoms with E-state index in [0.29, 0.717) is 21.9 Å². The molecule has 0 aliphatic heterocycles. The van der Waals surface area contributed by atoms with Crippen LogP contribution in [0.25, 0.3) is 11.0 Å². The summed E-state index contributed by atoms with van der Waals surface area (Å²) >= 11 is 1.18. The molecule has 0 aliphatic carbocycles. The van der Waals surface area contributed by atoms with E-state index >= 15 is 0 Å². The minimum atomic E-state index is -0.569. The van der Waals surface area contributed by atoms with Crippen LogP contribution in [0, 0.1) is 6.92 Å². The maximum absolute atomic E-state index is 13.3. The first-order valence-electron chi connectivity index (χ1n) is 10.4. The summed E-state index contributed by atoms with van der Waals surface area (Å²) in [5, 5.41) is 5.32. The van der Waals surface area contributed by atoms with Crippen LogP contribution in [0.3, 0.4) is 0 Å². The van der Waals surface area contributed by atoms with Crippen LogP contribution in [0.5, 0.6) is 0 Å². The lowest BCUT2D eigenvalue weighted by Crippen LogP contribution is -2.30. The number of fused-ring (bicyclic) bond motifs is 1. The summed E-state index contributed by atoms with van der Waals surface area (Å²) in [7, 11) is 0. The van der Waals surface area contributed by atoms with E-state index in [9.17, 15) is 14.4 Å². The predicted molar refractivity (Wildman–Crippen MR) is 127 cm³/mol. The largest absolute Gasteiger partial charge is 0.466 e. The second-order valence-electron chi connectivity index (χ2n) is 7.43. The van der Waals surface area contributed by atoms with Crippen molar-refractivity contribution in [2.24, 2.45) is 0 Å². The van der Waals surface area contributed by atoms with Gasteiger partial charge in [0.15, 0.2) is 5.13 Å². The minimum absolute atomic E-state index is 0.00949. The number of benzene rings is 1. The standard InChI is InChI=1S/C24H22N4O4S/c1-3-32-20(29)12-18-14-33-24(26-18)27-22(30)19-11-17-5-4-10-25-21(17)28(23(19)31)13-16-8-6-15(2)7-9-16/h4-11,14H,3,12-13H2,1-2H3,(H,26,27,30). The Morgan fingerprint density at radius 1 is 1.18 bits per heavy atom. The highest BCUT2D eigenvalue weighted by Crippen LogP contribution is 2.18. The monoisotopic (exact) mass is 462 g/mol. The second-order valence-corrected chi connectivity index (χ2v) is 8.29. The first-order valence-corrected chi connectivity index (χ1v) is 11.3. The molecule has 4 rings (SSSR count). The van der Waals surface area contributed by atoms with Gasteiger partial charge < -0.3 is 4.74 Å². The Hall–Kier alpha value is -3.85. The molecule has 0 spiro atoms. The van der Waals surface area contributed by atoms with E-state index in [0.717, 1.165) is 11.1 Å². The average Bonchev–Trinajstić information content (AvgIpc) is 3.23. The molecule has 0 fully saturated rings. The van der Waals surface area contributed by atoms with E-state index in [4.69, 9.17) is 4.74 Å². The zero-order chi connectivity index (χ0) is 23.4. The molecule has 8 nitrogen and oxygen atoms in total. The Morgan fingerprint density at radius 2 is 1.97 bits per heavy atom. The number of nitrogens with one attached hydrogen (secondary N) is 1. The smallest absolute Gasteiger partial charge is 0.311 e. The molecule has 3 heterocycles. The number of esters is 1. The predicted octanol–water partition coefficient (Wildman–Crippen LogP) is 3.57. The van der Waals surface area contributed by atoms with E-state index in [-0.39, 0.29) is 31.1 Å². The molecule has 1 amide bonds. The number of carbonyl (C=O) groups excluding carboxylic acids is 2. The van der Waals surface area contributed by atoms with Gasteiger partial charge in [0, 0.05) is 17.0 Å². The second kappa shape index (κ2) is 9.74. The van der Waals surface area contributed by atoms with Crippen molar-refractivity contribution in [2.75, 3.05) is 11.9 Å². The SMILES string of the molecule is CCOC(=O)Cc1csc(NC(=O)c2cc3cccnc3n(Cc3ccc(C)cc3)c2=O)n1. The molecule has 0 bridgehead atoms. The molecule has 33 heavy (non-hydrogen) atoms. The van der Waals surface area contributed by atoms with E-state index < -0.39 is 11.5 Å². The number of ether oxygens (including phenoxy) is 1. The van der Waals surface area contributed by atoms with Crippen LogP contribution in [-0.2, 0) is 22.5 Å². The van der Waals surface area contributed by atoms with Gasteiger partial charge in [0.1, 0.15) is 11.2 Å². The molecule has 3 aromatic heterocycles. The number of pyridine rings is 2. The Morgan fingerprint density at radius 3 is 2.73 bits per heavy atom. The van der Waals surface area contributed by atoms with Crippen LogP contribution in [0.4, 0.5) is 5.13 Å². The van der Waals surface area contributed by atoms with Crippen molar-refractivity contribution in [1.29, 1.82) is 0 Å². The topological polar surface area (TPSA) is 103 Å². The maximum atomic E-state index is 13.3. The summed E-state index contributed by atoms with van der Waals surface area (Å²) in [5.74, 6) is -0.956. The zero-order valence-corrected chi connectivity index (χ0v) is 19.0. The molecule has 0 atom stereocenters. The quantitative estimate of drug-likeness (QED) is 0.421. The lowest BCUT2D eigenvalue weighted by atomic mass is 10.1. The third-order valence-corrected chi connectivity index (χ3v) is 5.76. The molecule has 1 N–H and O–H groups in total. The lowest BCUT2D eigenvalue weighted by molar-refractivity contribution is -0.142. The summed E-state index contributed by atoms with van der Waals surface area (Å²) in [6, 6.07) is 13.0. The fourth-order valence-electron chi connectivity index (χ4n) is 3.36. The average molecular weight is 463 g/mol. The van der Waals surface area contributed by atoms with Crippen LogP contribution in [0.1, 0.15) is 34.1 Å². The van der Waals surface area contributed by atoms with E-state index in [2.05, 4.69) is 15.3 Å². The summed E-state index contributed by atoms with van der Waals surface area (Å²) in [6.07, 6.45) is 1.64. The number of amides is 1. The molecular formula is C24H22N4O4S. The number of anilines is 1. The van der Waals surface area contributed by atoms with Crippen LogP contribution in [-0.4, -0.2) is 33.0 Å². The minimum Gasteiger partial charge on any atom is -0.466 e. The van der Waals surface area contributed by atoms with E-state index in [1.54, 1.807) is 30.6 Å². The molecule has 1 aromatic carbocycles. The van der Waals surface area contributed by atoms with Crippen LogP contribution < -0.4 is 10.9 Å². The van der Waals surface area contributed by atoms with Crippen LogP contribution in [0.15, 0.2) is 58.8 Å². The van der Waals surface area contributed by atoms with Gasteiger partial charge in [0.05, 0.1) is 25.3 Å². The number of nitrogens with zero attached hydrogens (tertiary/aromatic N) is 3. The number of aryl methyl sites for hydroxylation is 1. The van der Waals surface area contributed by atoms with Crippen molar-refractivity contribution in [1.82, 2.24) is 14.5 Å². The molecule has 0 aliphatic rings. The van der Waals surface area contributed by atoms with Gasteiger partial charge in [-0.2, -0.15) is 0 Å². The van der Waals surface area contributed by atoms with Gasteiger partial charge in [-0.15, -0.1) is 11.3 Å². The molecule has 0 saturated heterocycles. The van der Waals surface area contributed by atoms with Crippen molar-refractivity contribution < 1.29 is 14.3 Å². The Labute approximate surface area is 193 Å². The van der Waals surface area contributed by atoms with E-state index in [1.807, 2.05) is 37.3 Å². The van der Waals surface area contributed by atoms with Crippen molar-refractivity contribution >= 4 is 39.4 Å². The fourth-order valence-corrected chi connectivity index (χ4v) is 4.07. The lowest BCUT2D eigenvalue weighted by Gasteiger charge is -2.12. The highest BCUT2D eigenvalue weighted by atomic mass is 32.1. The third-order valence-electron chi connectivity index (χ3n) is 4.96. The molecular weight excluding hydrogens is 440 g/mol. The van der Waals surface area contributed by atoms with Gasteiger partial charge in [0.2, 0.25) is 0 Å². The van der Waals surface area contributed by atoms with Crippen molar-refractivity contribution in [2.45, 2.75) is 26.8 Å². The first-order chi connectivity index (χ1) is 15.9. The number of aromatic nitrogens is 3. The molecule has 168 valence electrons. The number of hydrogen-bond donors (Lipinski definition) is 1. The van der Waals surface area contributed by atoms with Crippen LogP contribution in [0.2, 0.25) is 0 Å². The summed E-state index contributed by atoms with van der Waals surface area (Å²) in [4.78, 5) is 46.5. The molecule has 0 saturated carbocycles. The molecule has 0 radical (unpaired) electrons. The molecule has 0 unspecified atom stereocenters. The molecule has 9 heteroatoms. The van der Waals surface area contributed by atoms with Crippen LogP contribution >= 0.6 is 11.3 Å². The number of hydrogen-bond acceptors (Lipinski definition) is 7. The first kappa shape index (κ1) is 22.3. The van der Waals surface area contributed by atoms with Gasteiger partial charge >= 0.3 is 5.97 Å². The van der Waals surface area contributed by atoms with Gasteiger partial charge in [-0.3, -0.25) is 24.3 Å². The summed E-state index contributed by atoms with van der Waals surface area (Å²) in [5.41, 5.74) is 2.59. The Kier molecular flexibility index (Phi) is 6.60. The third kappa shape index (κ3) is 5.15. The normalized spacial score (nSPS) is 10.8.